The van der Waals surface area contributed by atoms with E-state index in [1.165, 1.54) is 6.42 Å². The van der Waals surface area contributed by atoms with Gasteiger partial charge in [0.1, 0.15) is 5.75 Å². The summed E-state index contributed by atoms with van der Waals surface area (Å²) in [6.45, 7) is 1.92. The second kappa shape index (κ2) is 4.46. The van der Waals surface area contributed by atoms with Crippen LogP contribution in [0.15, 0.2) is 12.1 Å². The second-order valence-electron chi connectivity index (χ2n) is 4.29. The Morgan fingerprint density at radius 2 is 2.12 bits per heavy atom. The molecule has 0 aromatic heterocycles. The molecule has 1 saturated carbocycles. The lowest BCUT2D eigenvalue weighted by Crippen LogP contribution is -2.22. The fourth-order valence-electron chi connectivity index (χ4n) is 1.97. The molecule has 0 N–H and O–H groups in total. The normalized spacial score (nSPS) is 15.7. The van der Waals surface area contributed by atoms with Crippen LogP contribution in [0.25, 0.3) is 0 Å². The van der Waals surface area contributed by atoms with Crippen molar-refractivity contribution in [2.45, 2.75) is 26.2 Å². The molecule has 3 heteroatoms. The predicted octanol–water partition coefficient (Wildman–Crippen LogP) is 3.64. The van der Waals surface area contributed by atoms with Gasteiger partial charge in [-0.05, 0) is 37.5 Å². The Bertz CT molecular complexity index is 422. The summed E-state index contributed by atoms with van der Waals surface area (Å²) in [6.07, 6.45) is 3.20. The van der Waals surface area contributed by atoms with E-state index in [9.17, 15) is 4.79 Å². The molecule has 0 spiro atoms. The van der Waals surface area contributed by atoms with Crippen molar-refractivity contribution in [1.82, 2.24) is 0 Å². The molecule has 0 radical (unpaired) electrons. The molecule has 1 aromatic carbocycles. The van der Waals surface area contributed by atoms with Crippen LogP contribution in [0.1, 0.15) is 35.2 Å². The third kappa shape index (κ3) is 1.94. The number of halogens is 1. The van der Waals surface area contributed by atoms with Gasteiger partial charge < -0.3 is 4.74 Å². The average molecular weight is 239 g/mol. The molecule has 1 fully saturated rings. The molecule has 2 nitrogen and oxygen atoms in total. The summed E-state index contributed by atoms with van der Waals surface area (Å²) in [4.78, 5) is 12.1. The molecule has 0 saturated heterocycles. The first-order chi connectivity index (χ1) is 7.63. The summed E-state index contributed by atoms with van der Waals surface area (Å²) < 4.78 is 5.12. The van der Waals surface area contributed by atoms with Crippen molar-refractivity contribution in [1.29, 1.82) is 0 Å². The van der Waals surface area contributed by atoms with Gasteiger partial charge in [-0.25, -0.2) is 0 Å². The van der Waals surface area contributed by atoms with Crippen molar-refractivity contribution in [2.75, 3.05) is 7.11 Å². The maximum atomic E-state index is 12.1. The number of methoxy groups -OCH3 is 1. The van der Waals surface area contributed by atoms with E-state index in [4.69, 9.17) is 16.3 Å². The Balaban J connectivity index is 2.33. The van der Waals surface area contributed by atoms with Crippen LogP contribution in [0.2, 0.25) is 5.02 Å². The number of hydrogen-bond donors (Lipinski definition) is 0. The number of rotatable bonds is 3. The van der Waals surface area contributed by atoms with Crippen molar-refractivity contribution < 1.29 is 9.53 Å². The minimum Gasteiger partial charge on any atom is -0.495 e. The highest BCUT2D eigenvalue weighted by Crippen LogP contribution is 2.34. The van der Waals surface area contributed by atoms with Crippen LogP contribution in [0.3, 0.4) is 0 Å². The molecule has 86 valence electrons. The predicted molar refractivity (Wildman–Crippen MR) is 64.4 cm³/mol. The number of benzene rings is 1. The van der Waals surface area contributed by atoms with Crippen LogP contribution >= 0.6 is 11.6 Å². The fourth-order valence-corrected chi connectivity index (χ4v) is 2.21. The first-order valence-corrected chi connectivity index (χ1v) is 5.89. The molecule has 0 bridgehead atoms. The summed E-state index contributed by atoms with van der Waals surface area (Å²) in [5, 5.41) is 0.510. The molecule has 0 unspecified atom stereocenters. The van der Waals surface area contributed by atoms with E-state index in [2.05, 4.69) is 0 Å². The SMILES string of the molecule is COc1cc(C)c(C(=O)C2CCC2)cc1Cl. The molecule has 0 aliphatic heterocycles. The number of ketones is 1. The number of carbonyl (C=O) groups is 1. The average Bonchev–Trinajstić information content (AvgIpc) is 2.18. The summed E-state index contributed by atoms with van der Waals surface area (Å²) in [6, 6.07) is 3.56. The summed E-state index contributed by atoms with van der Waals surface area (Å²) in [5.74, 6) is 1.07. The van der Waals surface area contributed by atoms with Crippen molar-refractivity contribution in [3.05, 3.63) is 28.3 Å². The highest BCUT2D eigenvalue weighted by molar-refractivity contribution is 6.32. The quantitative estimate of drug-likeness (QED) is 0.752. The van der Waals surface area contributed by atoms with Gasteiger partial charge in [-0.3, -0.25) is 4.79 Å². The zero-order chi connectivity index (χ0) is 11.7. The van der Waals surface area contributed by atoms with Crippen LogP contribution in [-0.2, 0) is 0 Å². The Morgan fingerprint density at radius 3 is 2.62 bits per heavy atom. The van der Waals surface area contributed by atoms with Crippen molar-refractivity contribution in [3.63, 3.8) is 0 Å². The number of hydrogen-bond acceptors (Lipinski definition) is 2. The smallest absolute Gasteiger partial charge is 0.166 e. The number of aryl methyl sites for hydroxylation is 1. The van der Waals surface area contributed by atoms with E-state index in [-0.39, 0.29) is 11.7 Å². The van der Waals surface area contributed by atoms with Gasteiger partial charge in [-0.1, -0.05) is 18.0 Å². The highest BCUT2D eigenvalue weighted by atomic mass is 35.5. The lowest BCUT2D eigenvalue weighted by molar-refractivity contribution is 0.0854. The summed E-state index contributed by atoms with van der Waals surface area (Å²) in [7, 11) is 1.58. The number of ether oxygens (including phenoxy) is 1. The first kappa shape index (κ1) is 11.5. The van der Waals surface area contributed by atoms with Crippen LogP contribution in [0.5, 0.6) is 5.75 Å². The van der Waals surface area contributed by atoms with Crippen molar-refractivity contribution in [2.24, 2.45) is 5.92 Å². The minimum atomic E-state index is 0.211. The van der Waals surface area contributed by atoms with E-state index in [0.717, 1.165) is 24.0 Å². The molecular formula is C13H15ClO2. The first-order valence-electron chi connectivity index (χ1n) is 5.52. The molecule has 2 rings (SSSR count). The molecule has 0 heterocycles. The van der Waals surface area contributed by atoms with Gasteiger partial charge >= 0.3 is 0 Å². The third-order valence-electron chi connectivity index (χ3n) is 3.24. The fraction of sp³-hybridized carbons (Fsp3) is 0.462. The number of carbonyl (C=O) groups excluding carboxylic acids is 1. The molecular weight excluding hydrogens is 224 g/mol. The zero-order valence-electron chi connectivity index (χ0n) is 9.55. The highest BCUT2D eigenvalue weighted by Gasteiger charge is 2.27. The Morgan fingerprint density at radius 1 is 1.44 bits per heavy atom. The van der Waals surface area contributed by atoms with E-state index in [0.29, 0.717) is 10.8 Å². The molecule has 0 atom stereocenters. The molecule has 1 aromatic rings. The van der Waals surface area contributed by atoms with E-state index in [1.807, 2.05) is 13.0 Å². The van der Waals surface area contributed by atoms with Crippen LogP contribution in [0, 0.1) is 12.8 Å². The van der Waals surface area contributed by atoms with Gasteiger partial charge in [0, 0.05) is 11.5 Å². The molecule has 1 aliphatic carbocycles. The Kier molecular flexibility index (Phi) is 3.20. The monoisotopic (exact) mass is 238 g/mol. The van der Waals surface area contributed by atoms with Gasteiger partial charge in [0.2, 0.25) is 0 Å². The Labute approximate surface area is 101 Å². The third-order valence-corrected chi connectivity index (χ3v) is 3.54. The minimum absolute atomic E-state index is 0.211. The van der Waals surface area contributed by atoms with E-state index in [1.54, 1.807) is 13.2 Å². The molecule has 1 aliphatic rings. The van der Waals surface area contributed by atoms with Gasteiger partial charge in [0.25, 0.3) is 0 Å². The van der Waals surface area contributed by atoms with E-state index < -0.39 is 0 Å². The van der Waals surface area contributed by atoms with Gasteiger partial charge in [0.05, 0.1) is 12.1 Å². The van der Waals surface area contributed by atoms with Crippen LogP contribution < -0.4 is 4.74 Å². The zero-order valence-corrected chi connectivity index (χ0v) is 10.3. The largest absolute Gasteiger partial charge is 0.495 e. The maximum Gasteiger partial charge on any atom is 0.166 e. The second-order valence-corrected chi connectivity index (χ2v) is 4.70. The van der Waals surface area contributed by atoms with Gasteiger partial charge in [0.15, 0.2) is 5.78 Å². The van der Waals surface area contributed by atoms with Crippen LogP contribution in [-0.4, -0.2) is 12.9 Å². The van der Waals surface area contributed by atoms with Gasteiger partial charge in [-0.2, -0.15) is 0 Å². The van der Waals surface area contributed by atoms with Crippen molar-refractivity contribution in [3.8, 4) is 5.75 Å². The van der Waals surface area contributed by atoms with Crippen molar-refractivity contribution >= 4 is 17.4 Å². The van der Waals surface area contributed by atoms with Gasteiger partial charge in [-0.15, -0.1) is 0 Å². The number of Topliss-reactive ketones (excluding diaryl/α,β-unsaturated/α-hetero) is 1. The standard InChI is InChI=1S/C13H15ClO2/c1-8-6-12(16-2)11(14)7-10(8)13(15)9-4-3-5-9/h6-7,9H,3-5H2,1-2H3. The lowest BCUT2D eigenvalue weighted by Gasteiger charge is -2.24. The maximum absolute atomic E-state index is 12.1. The van der Waals surface area contributed by atoms with E-state index >= 15 is 0 Å². The lowest BCUT2D eigenvalue weighted by atomic mass is 9.79. The summed E-state index contributed by atoms with van der Waals surface area (Å²) >= 11 is 6.03. The van der Waals surface area contributed by atoms with Crippen LogP contribution in [0.4, 0.5) is 0 Å². The Hall–Kier alpha value is -1.02. The molecule has 16 heavy (non-hydrogen) atoms. The topological polar surface area (TPSA) is 26.3 Å². The molecule has 0 amide bonds. The summed E-state index contributed by atoms with van der Waals surface area (Å²) in [5.41, 5.74) is 1.69.